The van der Waals surface area contributed by atoms with Gasteiger partial charge in [0.25, 0.3) is 0 Å². The second-order valence-electron chi connectivity index (χ2n) is 3.39. The largest absolute Gasteiger partial charge is 0.405 e. The van der Waals surface area contributed by atoms with E-state index in [1.165, 1.54) is 4.90 Å². The SMILES string of the molecule is CCN(CC(F)(F)F)c1ccccc1CBr. The number of rotatable bonds is 4. The van der Waals surface area contributed by atoms with Crippen LogP contribution in [-0.2, 0) is 5.33 Å². The van der Waals surface area contributed by atoms with Crippen molar-refractivity contribution in [2.24, 2.45) is 0 Å². The summed E-state index contributed by atoms with van der Waals surface area (Å²) in [5.74, 6) is 0. The molecule has 0 unspecified atom stereocenters. The molecule has 0 saturated heterocycles. The molecular formula is C11H13BrF3N. The summed E-state index contributed by atoms with van der Waals surface area (Å²) in [4.78, 5) is 1.33. The van der Waals surface area contributed by atoms with Crippen molar-refractivity contribution in [2.45, 2.75) is 18.4 Å². The Morgan fingerprint density at radius 1 is 1.25 bits per heavy atom. The van der Waals surface area contributed by atoms with Crippen molar-refractivity contribution in [2.75, 3.05) is 18.0 Å². The highest BCUT2D eigenvalue weighted by molar-refractivity contribution is 9.08. The first kappa shape index (κ1) is 13.4. The molecule has 0 atom stereocenters. The smallest absolute Gasteiger partial charge is 0.363 e. The van der Waals surface area contributed by atoms with Crippen LogP contribution in [0.25, 0.3) is 0 Å². The fraction of sp³-hybridized carbons (Fsp3) is 0.455. The van der Waals surface area contributed by atoms with Gasteiger partial charge in [-0.1, -0.05) is 34.1 Å². The Morgan fingerprint density at radius 3 is 2.38 bits per heavy atom. The first-order valence-corrected chi connectivity index (χ1v) is 6.05. The monoisotopic (exact) mass is 295 g/mol. The van der Waals surface area contributed by atoms with Crippen LogP contribution in [0.1, 0.15) is 12.5 Å². The van der Waals surface area contributed by atoms with Gasteiger partial charge < -0.3 is 4.90 Å². The summed E-state index contributed by atoms with van der Waals surface area (Å²) in [7, 11) is 0. The standard InChI is InChI=1S/C11H13BrF3N/c1-2-16(8-11(13,14)15)10-6-4-3-5-9(10)7-12/h3-6H,2,7-8H2,1H3. The molecule has 0 amide bonds. The summed E-state index contributed by atoms with van der Waals surface area (Å²) in [6.07, 6.45) is -4.17. The molecule has 0 heterocycles. The summed E-state index contributed by atoms with van der Waals surface area (Å²) in [5.41, 5.74) is 1.51. The van der Waals surface area contributed by atoms with Gasteiger partial charge in [0.1, 0.15) is 6.54 Å². The van der Waals surface area contributed by atoms with E-state index in [1.807, 2.05) is 12.1 Å². The third kappa shape index (κ3) is 3.70. The Bertz CT molecular complexity index is 338. The second-order valence-corrected chi connectivity index (χ2v) is 3.95. The summed E-state index contributed by atoms with van der Waals surface area (Å²) < 4.78 is 37.1. The zero-order chi connectivity index (χ0) is 12.2. The molecular weight excluding hydrogens is 283 g/mol. The minimum absolute atomic E-state index is 0.337. The summed E-state index contributed by atoms with van der Waals surface area (Å²) in [5, 5.41) is 0.553. The van der Waals surface area contributed by atoms with Crippen molar-refractivity contribution in [1.29, 1.82) is 0 Å². The number of hydrogen-bond donors (Lipinski definition) is 0. The lowest BCUT2D eigenvalue weighted by atomic mass is 10.2. The molecule has 0 aromatic heterocycles. The molecule has 0 radical (unpaired) electrons. The fourth-order valence-electron chi connectivity index (χ4n) is 1.52. The van der Waals surface area contributed by atoms with Crippen LogP contribution < -0.4 is 4.90 Å². The van der Waals surface area contributed by atoms with Crippen molar-refractivity contribution in [3.63, 3.8) is 0 Å². The molecule has 0 fully saturated rings. The lowest BCUT2D eigenvalue weighted by Crippen LogP contribution is -2.34. The summed E-state index contributed by atoms with van der Waals surface area (Å²) in [6.45, 7) is 1.15. The van der Waals surface area contributed by atoms with E-state index >= 15 is 0 Å². The summed E-state index contributed by atoms with van der Waals surface area (Å²) in [6, 6.07) is 7.11. The Balaban J connectivity index is 2.94. The van der Waals surface area contributed by atoms with Crippen LogP contribution in [0.2, 0.25) is 0 Å². The molecule has 0 bridgehead atoms. The number of halogens is 4. The number of anilines is 1. The maximum Gasteiger partial charge on any atom is 0.405 e. The van der Waals surface area contributed by atoms with Crippen molar-refractivity contribution in [3.05, 3.63) is 29.8 Å². The molecule has 0 aliphatic rings. The fourth-order valence-corrected chi connectivity index (χ4v) is 1.99. The van der Waals surface area contributed by atoms with Crippen LogP contribution in [0, 0.1) is 0 Å². The highest BCUT2D eigenvalue weighted by Gasteiger charge is 2.30. The quantitative estimate of drug-likeness (QED) is 0.760. The van der Waals surface area contributed by atoms with Gasteiger partial charge >= 0.3 is 6.18 Å². The summed E-state index contributed by atoms with van der Waals surface area (Å²) >= 11 is 3.28. The molecule has 0 saturated carbocycles. The average molecular weight is 296 g/mol. The number of benzene rings is 1. The second kappa shape index (κ2) is 5.57. The molecule has 1 rings (SSSR count). The van der Waals surface area contributed by atoms with Crippen molar-refractivity contribution in [1.82, 2.24) is 0 Å². The molecule has 0 N–H and O–H groups in total. The van der Waals surface area contributed by atoms with Gasteiger partial charge in [-0.3, -0.25) is 0 Å². The molecule has 1 nitrogen and oxygen atoms in total. The molecule has 0 aliphatic carbocycles. The normalized spacial score (nSPS) is 11.6. The minimum atomic E-state index is -4.17. The zero-order valence-corrected chi connectivity index (χ0v) is 10.5. The van der Waals surface area contributed by atoms with Gasteiger partial charge in [0.2, 0.25) is 0 Å². The number of nitrogens with zero attached hydrogens (tertiary/aromatic N) is 1. The van der Waals surface area contributed by atoms with Gasteiger partial charge in [0, 0.05) is 17.6 Å². The maximum absolute atomic E-state index is 12.4. The molecule has 5 heteroatoms. The molecule has 1 aromatic rings. The lowest BCUT2D eigenvalue weighted by molar-refractivity contribution is -0.119. The van der Waals surface area contributed by atoms with Gasteiger partial charge in [-0.2, -0.15) is 13.2 Å². The van der Waals surface area contributed by atoms with Gasteiger partial charge in [-0.25, -0.2) is 0 Å². The van der Waals surface area contributed by atoms with E-state index in [4.69, 9.17) is 0 Å². The lowest BCUT2D eigenvalue weighted by Gasteiger charge is -2.26. The maximum atomic E-state index is 12.4. The van der Waals surface area contributed by atoms with Crippen LogP contribution in [0.3, 0.4) is 0 Å². The number of hydrogen-bond acceptors (Lipinski definition) is 1. The van der Waals surface area contributed by atoms with E-state index in [0.717, 1.165) is 5.56 Å². The Labute approximate surface area is 101 Å². The van der Waals surface area contributed by atoms with Crippen LogP contribution in [-0.4, -0.2) is 19.3 Å². The highest BCUT2D eigenvalue weighted by atomic mass is 79.9. The molecule has 16 heavy (non-hydrogen) atoms. The van der Waals surface area contributed by atoms with E-state index in [0.29, 0.717) is 17.6 Å². The van der Waals surface area contributed by atoms with E-state index in [9.17, 15) is 13.2 Å². The predicted octanol–water partition coefficient (Wildman–Crippen LogP) is 3.97. The molecule has 1 aromatic carbocycles. The van der Waals surface area contributed by atoms with Crippen molar-refractivity contribution in [3.8, 4) is 0 Å². The van der Waals surface area contributed by atoms with E-state index in [-0.39, 0.29) is 0 Å². The third-order valence-corrected chi connectivity index (χ3v) is 2.83. The first-order chi connectivity index (χ1) is 7.48. The highest BCUT2D eigenvalue weighted by Crippen LogP contribution is 2.26. The third-order valence-electron chi connectivity index (χ3n) is 2.23. The van der Waals surface area contributed by atoms with Crippen LogP contribution in [0.15, 0.2) is 24.3 Å². The minimum Gasteiger partial charge on any atom is -0.363 e. The first-order valence-electron chi connectivity index (χ1n) is 4.93. The van der Waals surface area contributed by atoms with Gasteiger partial charge in [-0.05, 0) is 18.6 Å². The van der Waals surface area contributed by atoms with E-state index in [1.54, 1.807) is 19.1 Å². The van der Waals surface area contributed by atoms with Crippen LogP contribution in [0.4, 0.5) is 18.9 Å². The molecule has 0 aliphatic heterocycles. The van der Waals surface area contributed by atoms with Crippen LogP contribution >= 0.6 is 15.9 Å². The Morgan fingerprint density at radius 2 is 1.88 bits per heavy atom. The van der Waals surface area contributed by atoms with Gasteiger partial charge in [0.05, 0.1) is 0 Å². The van der Waals surface area contributed by atoms with Crippen molar-refractivity contribution < 1.29 is 13.2 Å². The predicted molar refractivity (Wildman–Crippen MR) is 63.0 cm³/mol. The van der Waals surface area contributed by atoms with Crippen molar-refractivity contribution >= 4 is 21.6 Å². The van der Waals surface area contributed by atoms with Gasteiger partial charge in [-0.15, -0.1) is 0 Å². The Hall–Kier alpha value is -0.710. The number of para-hydroxylation sites is 1. The van der Waals surface area contributed by atoms with E-state index in [2.05, 4.69) is 15.9 Å². The topological polar surface area (TPSA) is 3.24 Å². The molecule has 90 valence electrons. The van der Waals surface area contributed by atoms with E-state index < -0.39 is 12.7 Å². The number of alkyl halides is 4. The van der Waals surface area contributed by atoms with Gasteiger partial charge in [0.15, 0.2) is 0 Å². The van der Waals surface area contributed by atoms with Crippen LogP contribution in [0.5, 0.6) is 0 Å². The Kier molecular flexibility index (Phi) is 4.65. The average Bonchev–Trinajstić information content (AvgIpc) is 2.24. The molecule has 0 spiro atoms. The zero-order valence-electron chi connectivity index (χ0n) is 8.89.